The number of hydrogen-bond donors (Lipinski definition) is 3. The van der Waals surface area contributed by atoms with E-state index in [0.717, 1.165) is 5.56 Å². The second-order valence-corrected chi connectivity index (χ2v) is 9.14. The normalized spacial score (nSPS) is 13.9. The Kier molecular flexibility index (Phi) is 9.39. The summed E-state index contributed by atoms with van der Waals surface area (Å²) in [5.74, 6) is 0.103. The summed E-state index contributed by atoms with van der Waals surface area (Å²) in [6.07, 6.45) is -0.507. The van der Waals surface area contributed by atoms with Gasteiger partial charge in [0.15, 0.2) is 0 Å². The summed E-state index contributed by atoms with van der Waals surface area (Å²) >= 11 is 0. The van der Waals surface area contributed by atoms with E-state index in [9.17, 15) is 13.5 Å². The lowest BCUT2D eigenvalue weighted by atomic mass is 10.0. The van der Waals surface area contributed by atoms with Gasteiger partial charge in [0.2, 0.25) is 10.0 Å². The predicted molar refractivity (Wildman–Crippen MR) is 116 cm³/mol. The van der Waals surface area contributed by atoms with E-state index in [1.54, 1.807) is 12.1 Å². The van der Waals surface area contributed by atoms with Crippen molar-refractivity contribution in [1.82, 2.24) is 4.31 Å². The molecule has 156 valence electrons. The topological polar surface area (TPSA) is 110 Å². The molecule has 2 aromatic rings. The van der Waals surface area contributed by atoms with Gasteiger partial charge in [-0.1, -0.05) is 44.2 Å². The van der Waals surface area contributed by atoms with Gasteiger partial charge < -0.3 is 16.6 Å². The van der Waals surface area contributed by atoms with Crippen LogP contribution >= 0.6 is 12.4 Å². The van der Waals surface area contributed by atoms with Crippen molar-refractivity contribution in [3.05, 3.63) is 60.2 Å². The molecular weight excluding hydrogens is 398 g/mol. The van der Waals surface area contributed by atoms with Crippen molar-refractivity contribution in [3.63, 3.8) is 0 Å². The highest BCUT2D eigenvalue weighted by Crippen LogP contribution is 2.19. The monoisotopic (exact) mass is 427 g/mol. The first kappa shape index (κ1) is 24.4. The molecule has 0 aliphatic carbocycles. The Balaban J connectivity index is 0.00000392. The van der Waals surface area contributed by atoms with Crippen molar-refractivity contribution in [2.24, 2.45) is 11.7 Å². The summed E-state index contributed by atoms with van der Waals surface area (Å²) in [7, 11) is -3.75. The van der Waals surface area contributed by atoms with Gasteiger partial charge in [0.1, 0.15) is 0 Å². The van der Waals surface area contributed by atoms with Gasteiger partial charge in [0, 0.05) is 24.8 Å². The number of aliphatic hydroxyl groups is 1. The Labute approximate surface area is 174 Å². The molecule has 5 N–H and O–H groups in total. The SMILES string of the molecule is CC(C)CN(C[C@@H](O)[C@H](N)Cc1ccccc1)S(=O)(=O)c1ccc(N)cc1.Cl. The minimum absolute atomic E-state index is 0. The van der Waals surface area contributed by atoms with E-state index in [0.29, 0.717) is 18.7 Å². The molecule has 0 amide bonds. The van der Waals surface area contributed by atoms with E-state index in [1.807, 2.05) is 44.2 Å². The van der Waals surface area contributed by atoms with Crippen molar-refractivity contribution < 1.29 is 13.5 Å². The highest BCUT2D eigenvalue weighted by molar-refractivity contribution is 7.89. The van der Waals surface area contributed by atoms with E-state index in [-0.39, 0.29) is 29.8 Å². The van der Waals surface area contributed by atoms with Crippen LogP contribution in [0.2, 0.25) is 0 Å². The Bertz CT molecular complexity index is 814. The van der Waals surface area contributed by atoms with Gasteiger partial charge in [0.25, 0.3) is 0 Å². The average molecular weight is 428 g/mol. The third-order valence-corrected chi connectivity index (χ3v) is 6.13. The minimum Gasteiger partial charge on any atom is -0.399 e. The van der Waals surface area contributed by atoms with Gasteiger partial charge in [-0.05, 0) is 42.2 Å². The van der Waals surface area contributed by atoms with E-state index in [4.69, 9.17) is 11.5 Å². The largest absolute Gasteiger partial charge is 0.399 e. The lowest BCUT2D eigenvalue weighted by molar-refractivity contribution is 0.116. The molecule has 8 heteroatoms. The summed E-state index contributed by atoms with van der Waals surface area (Å²) in [5, 5.41) is 10.6. The minimum atomic E-state index is -3.75. The fraction of sp³-hybridized carbons (Fsp3) is 0.400. The van der Waals surface area contributed by atoms with Crippen LogP contribution in [0, 0.1) is 5.92 Å². The van der Waals surface area contributed by atoms with Crippen LogP contribution in [0.25, 0.3) is 0 Å². The highest BCUT2D eigenvalue weighted by Gasteiger charge is 2.29. The summed E-state index contributed by atoms with van der Waals surface area (Å²) in [6, 6.07) is 15.1. The molecule has 6 nitrogen and oxygen atoms in total. The standard InChI is InChI=1S/C20H29N3O3S.ClH/c1-15(2)13-23(27(25,26)18-10-8-17(21)9-11-18)14-20(24)19(22)12-16-6-4-3-5-7-16;/h3-11,15,19-20,24H,12-14,21-22H2,1-2H3;1H/t19-,20-;/m1./s1. The summed E-state index contributed by atoms with van der Waals surface area (Å²) in [5.41, 5.74) is 13.3. The lowest BCUT2D eigenvalue weighted by Crippen LogP contribution is -2.47. The Morgan fingerprint density at radius 1 is 1.00 bits per heavy atom. The number of benzene rings is 2. The third kappa shape index (κ3) is 6.76. The van der Waals surface area contributed by atoms with Crippen LogP contribution in [-0.2, 0) is 16.4 Å². The number of nitrogens with zero attached hydrogens (tertiary/aromatic N) is 1. The average Bonchev–Trinajstić information content (AvgIpc) is 2.62. The number of nitrogen functional groups attached to an aromatic ring is 1. The summed E-state index contributed by atoms with van der Waals surface area (Å²) in [6.45, 7) is 4.10. The van der Waals surface area contributed by atoms with Crippen LogP contribution in [-0.4, -0.2) is 43.1 Å². The van der Waals surface area contributed by atoms with Crippen molar-refractivity contribution in [2.75, 3.05) is 18.8 Å². The molecule has 2 aromatic carbocycles. The van der Waals surface area contributed by atoms with Crippen LogP contribution in [0.5, 0.6) is 0 Å². The van der Waals surface area contributed by atoms with Crippen LogP contribution in [0.3, 0.4) is 0 Å². The molecule has 28 heavy (non-hydrogen) atoms. The van der Waals surface area contributed by atoms with Gasteiger partial charge >= 0.3 is 0 Å². The third-order valence-electron chi connectivity index (χ3n) is 4.29. The van der Waals surface area contributed by atoms with E-state index < -0.39 is 22.2 Å². The first-order chi connectivity index (χ1) is 12.7. The zero-order valence-electron chi connectivity index (χ0n) is 16.2. The number of rotatable bonds is 9. The van der Waals surface area contributed by atoms with Crippen LogP contribution in [0.1, 0.15) is 19.4 Å². The molecule has 0 aliphatic heterocycles. The molecule has 0 unspecified atom stereocenters. The smallest absolute Gasteiger partial charge is 0.243 e. The summed E-state index contributed by atoms with van der Waals surface area (Å²) in [4.78, 5) is 0.154. The first-order valence-electron chi connectivity index (χ1n) is 9.03. The number of hydrogen-bond acceptors (Lipinski definition) is 5. The van der Waals surface area contributed by atoms with Crippen LogP contribution in [0.4, 0.5) is 5.69 Å². The van der Waals surface area contributed by atoms with Crippen molar-refractivity contribution in [3.8, 4) is 0 Å². The molecule has 0 aromatic heterocycles. The quantitative estimate of drug-likeness (QED) is 0.532. The Morgan fingerprint density at radius 3 is 2.11 bits per heavy atom. The molecule has 0 saturated heterocycles. The lowest BCUT2D eigenvalue weighted by Gasteiger charge is -2.28. The molecular formula is C20H30ClN3O3S. The maximum atomic E-state index is 13.0. The molecule has 2 atom stereocenters. The second kappa shape index (κ2) is 10.8. The van der Waals surface area contributed by atoms with E-state index in [2.05, 4.69) is 0 Å². The van der Waals surface area contributed by atoms with Gasteiger partial charge in [-0.2, -0.15) is 4.31 Å². The molecule has 0 bridgehead atoms. The second-order valence-electron chi connectivity index (χ2n) is 7.21. The van der Waals surface area contributed by atoms with Crippen molar-refractivity contribution >= 4 is 28.1 Å². The number of sulfonamides is 1. The molecule has 0 aliphatic rings. The van der Waals surface area contributed by atoms with Gasteiger partial charge in [-0.25, -0.2) is 8.42 Å². The molecule has 0 radical (unpaired) electrons. The summed E-state index contributed by atoms with van der Waals surface area (Å²) < 4.78 is 27.4. The van der Waals surface area contributed by atoms with Crippen LogP contribution < -0.4 is 11.5 Å². The maximum absolute atomic E-state index is 13.0. The number of anilines is 1. The van der Waals surface area contributed by atoms with E-state index >= 15 is 0 Å². The first-order valence-corrected chi connectivity index (χ1v) is 10.5. The van der Waals surface area contributed by atoms with Crippen molar-refractivity contribution in [1.29, 1.82) is 0 Å². The molecule has 2 rings (SSSR count). The molecule has 0 heterocycles. The number of halogens is 1. The maximum Gasteiger partial charge on any atom is 0.243 e. The Hall–Kier alpha value is -1.64. The molecule has 0 fully saturated rings. The molecule has 0 saturated carbocycles. The predicted octanol–water partition coefficient (Wildman–Crippen LogP) is 2.27. The number of aliphatic hydroxyl groups excluding tert-OH is 1. The highest BCUT2D eigenvalue weighted by atomic mass is 35.5. The van der Waals surface area contributed by atoms with Gasteiger partial charge in [-0.15, -0.1) is 12.4 Å². The zero-order chi connectivity index (χ0) is 20.0. The Morgan fingerprint density at radius 2 is 1.57 bits per heavy atom. The number of nitrogens with two attached hydrogens (primary N) is 2. The fourth-order valence-electron chi connectivity index (χ4n) is 2.83. The zero-order valence-corrected chi connectivity index (χ0v) is 17.9. The van der Waals surface area contributed by atoms with E-state index in [1.165, 1.54) is 16.4 Å². The van der Waals surface area contributed by atoms with Gasteiger partial charge in [0.05, 0.1) is 11.0 Å². The molecule has 0 spiro atoms. The fourth-order valence-corrected chi connectivity index (χ4v) is 4.45. The van der Waals surface area contributed by atoms with Crippen molar-refractivity contribution in [2.45, 2.75) is 37.3 Å². The van der Waals surface area contributed by atoms with Gasteiger partial charge in [-0.3, -0.25) is 0 Å². The van der Waals surface area contributed by atoms with Crippen LogP contribution in [0.15, 0.2) is 59.5 Å².